The Morgan fingerprint density at radius 1 is 1.12 bits per heavy atom. The van der Waals surface area contributed by atoms with Crippen LogP contribution in [-0.2, 0) is 14.3 Å². The van der Waals surface area contributed by atoms with Crippen LogP contribution < -0.4 is 10.6 Å². The minimum Gasteiger partial charge on any atom is -0.508 e. The smallest absolute Gasteiger partial charge is 0.408 e. The Labute approximate surface area is 198 Å². The molecule has 1 atom stereocenters. The SMILES string of the molecule is CCCCCCN(C(=O)CNC(=O)OC(C)(C)C)C(C(=O)NC(C)C)c1ccc(O)c(C)c1. The normalized spacial score (nSPS) is 12.2. The van der Waals surface area contributed by atoms with E-state index in [4.69, 9.17) is 4.74 Å². The minimum atomic E-state index is -0.888. The molecule has 0 heterocycles. The average Bonchev–Trinajstić information content (AvgIpc) is 2.69. The summed E-state index contributed by atoms with van der Waals surface area (Å²) >= 11 is 0. The summed E-state index contributed by atoms with van der Waals surface area (Å²) < 4.78 is 5.23. The number of phenolic OH excluding ortho intramolecular Hbond substituents is 1. The second-order valence-corrected chi connectivity index (χ2v) is 9.61. The summed E-state index contributed by atoms with van der Waals surface area (Å²) in [6.07, 6.45) is 3.04. The van der Waals surface area contributed by atoms with Gasteiger partial charge in [0.2, 0.25) is 11.8 Å². The van der Waals surface area contributed by atoms with Crippen LogP contribution in [0.15, 0.2) is 18.2 Å². The number of aryl methyl sites for hydroxylation is 1. The highest BCUT2D eigenvalue weighted by atomic mass is 16.6. The van der Waals surface area contributed by atoms with E-state index in [2.05, 4.69) is 17.6 Å². The van der Waals surface area contributed by atoms with Crippen LogP contribution >= 0.6 is 0 Å². The number of hydrogen-bond acceptors (Lipinski definition) is 5. The van der Waals surface area contributed by atoms with Crippen molar-refractivity contribution >= 4 is 17.9 Å². The fraction of sp³-hybridized carbons (Fsp3) is 0.640. The Hall–Kier alpha value is -2.77. The van der Waals surface area contributed by atoms with E-state index >= 15 is 0 Å². The van der Waals surface area contributed by atoms with Gasteiger partial charge >= 0.3 is 6.09 Å². The molecule has 0 radical (unpaired) electrons. The molecule has 0 aliphatic rings. The first-order valence-corrected chi connectivity index (χ1v) is 11.7. The van der Waals surface area contributed by atoms with Crippen LogP contribution in [0, 0.1) is 6.92 Å². The van der Waals surface area contributed by atoms with Gasteiger partial charge in [-0.3, -0.25) is 9.59 Å². The van der Waals surface area contributed by atoms with Gasteiger partial charge in [0.25, 0.3) is 0 Å². The molecule has 0 aliphatic heterocycles. The second kappa shape index (κ2) is 13.1. The van der Waals surface area contributed by atoms with E-state index in [1.54, 1.807) is 39.8 Å². The zero-order chi connectivity index (χ0) is 25.2. The predicted octanol–water partition coefficient (Wildman–Crippen LogP) is 4.20. The van der Waals surface area contributed by atoms with Gasteiger partial charge in [-0.2, -0.15) is 0 Å². The fourth-order valence-corrected chi connectivity index (χ4v) is 3.36. The number of unbranched alkanes of at least 4 members (excludes halogenated alkanes) is 3. The number of benzene rings is 1. The Kier molecular flexibility index (Phi) is 11.2. The Morgan fingerprint density at radius 3 is 2.33 bits per heavy atom. The molecular formula is C25H41N3O5. The molecule has 8 nitrogen and oxygen atoms in total. The number of ether oxygens (including phenoxy) is 1. The van der Waals surface area contributed by atoms with Crippen LogP contribution in [0.5, 0.6) is 5.75 Å². The monoisotopic (exact) mass is 463 g/mol. The van der Waals surface area contributed by atoms with E-state index in [0.29, 0.717) is 17.7 Å². The molecule has 0 bridgehead atoms. The van der Waals surface area contributed by atoms with E-state index in [-0.39, 0.29) is 30.2 Å². The maximum atomic E-state index is 13.3. The Morgan fingerprint density at radius 2 is 1.79 bits per heavy atom. The summed E-state index contributed by atoms with van der Waals surface area (Å²) in [6.45, 7) is 12.9. The van der Waals surface area contributed by atoms with Crippen LogP contribution in [0.1, 0.15) is 84.4 Å². The van der Waals surface area contributed by atoms with Gasteiger partial charge in [0.15, 0.2) is 0 Å². The van der Waals surface area contributed by atoms with E-state index < -0.39 is 17.7 Å². The van der Waals surface area contributed by atoms with Crippen molar-refractivity contribution in [2.75, 3.05) is 13.1 Å². The number of phenols is 1. The Balaban J connectivity index is 3.22. The van der Waals surface area contributed by atoms with Crippen molar-refractivity contribution in [2.45, 2.75) is 91.8 Å². The van der Waals surface area contributed by atoms with Crippen LogP contribution in [-0.4, -0.2) is 52.6 Å². The van der Waals surface area contributed by atoms with Crippen LogP contribution in [0.25, 0.3) is 0 Å². The summed E-state index contributed by atoms with van der Waals surface area (Å²) in [6, 6.07) is 3.89. The molecule has 1 unspecified atom stereocenters. The zero-order valence-electron chi connectivity index (χ0n) is 21.2. The van der Waals surface area contributed by atoms with E-state index in [0.717, 1.165) is 25.7 Å². The number of rotatable bonds is 11. The molecule has 0 spiro atoms. The number of aromatic hydroxyl groups is 1. The molecule has 8 heteroatoms. The molecule has 0 saturated carbocycles. The summed E-state index contributed by atoms with van der Waals surface area (Å²) in [4.78, 5) is 40.1. The first-order valence-electron chi connectivity index (χ1n) is 11.7. The van der Waals surface area contributed by atoms with E-state index in [9.17, 15) is 19.5 Å². The van der Waals surface area contributed by atoms with Crippen molar-refractivity contribution < 1.29 is 24.2 Å². The quantitative estimate of drug-likeness (QED) is 0.426. The van der Waals surface area contributed by atoms with Gasteiger partial charge in [0.05, 0.1) is 0 Å². The molecule has 1 aromatic carbocycles. The lowest BCUT2D eigenvalue weighted by Gasteiger charge is -2.32. The van der Waals surface area contributed by atoms with Crippen molar-refractivity contribution in [2.24, 2.45) is 0 Å². The maximum absolute atomic E-state index is 13.3. The van der Waals surface area contributed by atoms with Crippen LogP contribution in [0.2, 0.25) is 0 Å². The van der Waals surface area contributed by atoms with E-state index in [1.807, 2.05) is 13.8 Å². The lowest BCUT2D eigenvalue weighted by Crippen LogP contribution is -2.49. The summed E-state index contributed by atoms with van der Waals surface area (Å²) in [5.41, 5.74) is 0.528. The topological polar surface area (TPSA) is 108 Å². The van der Waals surface area contributed by atoms with Crippen molar-refractivity contribution in [3.8, 4) is 5.75 Å². The van der Waals surface area contributed by atoms with Gasteiger partial charge in [-0.25, -0.2) is 4.79 Å². The average molecular weight is 464 g/mol. The molecule has 3 amide bonds. The molecule has 0 fully saturated rings. The number of alkyl carbamates (subject to hydrolysis) is 1. The third kappa shape index (κ3) is 10.1. The van der Waals surface area contributed by atoms with Gasteiger partial charge in [0, 0.05) is 12.6 Å². The largest absolute Gasteiger partial charge is 0.508 e. The number of amides is 3. The third-order valence-electron chi connectivity index (χ3n) is 4.88. The number of nitrogens with zero attached hydrogens (tertiary/aromatic N) is 1. The highest BCUT2D eigenvalue weighted by Gasteiger charge is 2.32. The maximum Gasteiger partial charge on any atom is 0.408 e. The summed E-state index contributed by atoms with van der Waals surface area (Å²) in [5.74, 6) is -0.572. The van der Waals surface area contributed by atoms with Gasteiger partial charge in [-0.05, 0) is 71.2 Å². The molecule has 0 aromatic heterocycles. The minimum absolute atomic E-state index is 0.116. The summed E-state index contributed by atoms with van der Waals surface area (Å²) in [5, 5.41) is 15.4. The van der Waals surface area contributed by atoms with Crippen molar-refractivity contribution in [3.05, 3.63) is 29.3 Å². The zero-order valence-corrected chi connectivity index (χ0v) is 21.2. The Bertz CT molecular complexity index is 802. The van der Waals surface area contributed by atoms with Crippen molar-refractivity contribution in [1.82, 2.24) is 15.5 Å². The standard InChI is InChI=1S/C25H41N3O5/c1-8-9-10-11-14-28(21(30)16-26-24(32)33-25(5,6)7)22(23(31)27-17(2)3)19-12-13-20(29)18(4)15-19/h12-13,15,17,22,29H,8-11,14,16H2,1-7H3,(H,26,32)(H,27,31). The predicted molar refractivity (Wildman–Crippen MR) is 129 cm³/mol. The molecule has 3 N–H and O–H groups in total. The van der Waals surface area contributed by atoms with Crippen molar-refractivity contribution in [3.63, 3.8) is 0 Å². The lowest BCUT2D eigenvalue weighted by atomic mass is 10.00. The third-order valence-corrected chi connectivity index (χ3v) is 4.88. The lowest BCUT2D eigenvalue weighted by molar-refractivity contribution is -0.140. The number of nitrogens with one attached hydrogen (secondary N) is 2. The molecule has 186 valence electrons. The van der Waals surface area contributed by atoms with Gasteiger partial charge in [-0.15, -0.1) is 0 Å². The first kappa shape index (κ1) is 28.3. The molecule has 33 heavy (non-hydrogen) atoms. The summed E-state index contributed by atoms with van der Waals surface area (Å²) in [7, 11) is 0. The van der Waals surface area contributed by atoms with E-state index in [1.165, 1.54) is 11.0 Å². The molecule has 1 aromatic rings. The van der Waals surface area contributed by atoms with Crippen LogP contribution in [0.3, 0.4) is 0 Å². The molecular weight excluding hydrogens is 422 g/mol. The number of carbonyl (C=O) groups is 3. The molecule has 0 saturated heterocycles. The fourth-order valence-electron chi connectivity index (χ4n) is 3.36. The molecule has 0 aliphatic carbocycles. The van der Waals surface area contributed by atoms with Crippen molar-refractivity contribution in [1.29, 1.82) is 0 Å². The number of carbonyl (C=O) groups excluding carboxylic acids is 3. The number of hydrogen-bond donors (Lipinski definition) is 3. The van der Waals surface area contributed by atoms with Gasteiger partial charge in [0.1, 0.15) is 23.9 Å². The van der Waals surface area contributed by atoms with Gasteiger partial charge in [-0.1, -0.05) is 32.3 Å². The van der Waals surface area contributed by atoms with Crippen LogP contribution in [0.4, 0.5) is 4.79 Å². The first-order chi connectivity index (χ1) is 15.4. The highest BCUT2D eigenvalue weighted by Crippen LogP contribution is 2.27. The van der Waals surface area contributed by atoms with Gasteiger partial charge < -0.3 is 25.4 Å². The molecule has 1 rings (SSSR count). The highest BCUT2D eigenvalue weighted by molar-refractivity contribution is 5.90. The second-order valence-electron chi connectivity index (χ2n) is 9.61.